The van der Waals surface area contributed by atoms with E-state index in [1.807, 2.05) is 0 Å². The molecule has 0 unspecified atom stereocenters. The minimum atomic E-state index is -4.98. The van der Waals surface area contributed by atoms with E-state index in [0.717, 1.165) is 7.11 Å². The summed E-state index contributed by atoms with van der Waals surface area (Å²) < 4.78 is 68.5. The van der Waals surface area contributed by atoms with E-state index >= 15 is 0 Å². The lowest BCUT2D eigenvalue weighted by molar-refractivity contribution is -0.276. The van der Waals surface area contributed by atoms with Crippen LogP contribution in [-0.4, -0.2) is 18.5 Å². The quantitative estimate of drug-likeness (QED) is 0.796. The van der Waals surface area contributed by atoms with Crippen LogP contribution in [0.1, 0.15) is 12.0 Å². The highest BCUT2D eigenvalue weighted by molar-refractivity contribution is 9.10. The van der Waals surface area contributed by atoms with Crippen LogP contribution in [0.4, 0.5) is 22.0 Å². The normalized spacial score (nSPS) is 11.8. The number of alkyl halides is 5. The molecule has 3 nitrogen and oxygen atoms in total. The molecule has 9 heteroatoms. The van der Waals surface area contributed by atoms with Crippen LogP contribution >= 0.6 is 15.9 Å². The van der Waals surface area contributed by atoms with Crippen molar-refractivity contribution in [1.82, 2.24) is 4.98 Å². The summed E-state index contributed by atoms with van der Waals surface area (Å²) >= 11 is 2.71. The van der Waals surface area contributed by atoms with Crippen LogP contribution in [0.25, 0.3) is 0 Å². The van der Waals surface area contributed by atoms with Gasteiger partial charge in [0.25, 0.3) is 12.3 Å². The van der Waals surface area contributed by atoms with Crippen molar-refractivity contribution >= 4 is 15.9 Å². The molecular formula is C8H5BrF5NO2. The molecule has 0 radical (unpaired) electrons. The third-order valence-corrected chi connectivity index (χ3v) is 2.44. The Hall–Kier alpha value is -1.12. The molecule has 0 fully saturated rings. The lowest BCUT2D eigenvalue weighted by Crippen LogP contribution is -2.18. The summed E-state index contributed by atoms with van der Waals surface area (Å²) in [5.74, 6) is -1.48. The highest BCUT2D eigenvalue weighted by Gasteiger charge is 2.34. The first-order valence-electron chi connectivity index (χ1n) is 4.02. The zero-order chi connectivity index (χ0) is 13.2. The summed E-state index contributed by atoms with van der Waals surface area (Å²) in [5.41, 5.74) is -0.587. The molecule has 0 aliphatic rings. The average Bonchev–Trinajstić information content (AvgIpc) is 2.15. The Labute approximate surface area is 101 Å². The van der Waals surface area contributed by atoms with E-state index in [4.69, 9.17) is 0 Å². The third-order valence-electron chi connectivity index (χ3n) is 1.62. The van der Waals surface area contributed by atoms with E-state index in [-0.39, 0.29) is 4.47 Å². The van der Waals surface area contributed by atoms with Gasteiger partial charge in [-0.2, -0.15) is 0 Å². The number of methoxy groups -OCH3 is 1. The fraction of sp³-hybridized carbons (Fsp3) is 0.375. The lowest BCUT2D eigenvalue weighted by atomic mass is 10.3. The highest BCUT2D eigenvalue weighted by atomic mass is 79.9. The first-order chi connectivity index (χ1) is 7.76. The Kier molecular flexibility index (Phi) is 4.12. The summed E-state index contributed by atoms with van der Waals surface area (Å²) in [6.07, 6.45) is -7.30. The van der Waals surface area contributed by atoms with Gasteiger partial charge in [0, 0.05) is 6.20 Å². The molecule has 1 heterocycles. The molecule has 0 amide bonds. The van der Waals surface area contributed by atoms with Crippen LogP contribution in [0, 0.1) is 0 Å². The standard InChI is InChI=1S/C8H5BrF5NO2/c1-16-5-4(9)3(6(10)11)2-15-7(5)17-8(12,13)14/h2,6H,1H3. The van der Waals surface area contributed by atoms with Gasteiger partial charge in [-0.1, -0.05) is 0 Å². The highest BCUT2D eigenvalue weighted by Crippen LogP contribution is 2.40. The maximum atomic E-state index is 12.4. The second kappa shape index (κ2) is 5.03. The summed E-state index contributed by atoms with van der Waals surface area (Å²) in [7, 11) is 1.01. The number of hydrogen-bond acceptors (Lipinski definition) is 3. The van der Waals surface area contributed by atoms with Gasteiger partial charge in [-0.05, 0) is 15.9 Å². The number of hydrogen-bond donors (Lipinski definition) is 0. The van der Waals surface area contributed by atoms with E-state index in [2.05, 4.69) is 30.4 Å². The van der Waals surface area contributed by atoms with Crippen molar-refractivity contribution < 1.29 is 31.4 Å². The Morgan fingerprint density at radius 1 is 1.35 bits per heavy atom. The summed E-state index contributed by atoms with van der Waals surface area (Å²) in [6.45, 7) is 0. The summed E-state index contributed by atoms with van der Waals surface area (Å²) in [6, 6.07) is 0. The van der Waals surface area contributed by atoms with Gasteiger partial charge >= 0.3 is 6.36 Å². The molecule has 0 spiro atoms. The summed E-state index contributed by atoms with van der Waals surface area (Å²) in [5, 5.41) is 0. The molecule has 1 aromatic rings. The molecule has 0 saturated heterocycles. The smallest absolute Gasteiger partial charge is 0.490 e. The van der Waals surface area contributed by atoms with Crippen molar-refractivity contribution in [3.63, 3.8) is 0 Å². The van der Waals surface area contributed by atoms with Crippen LogP contribution in [0.5, 0.6) is 11.6 Å². The van der Waals surface area contributed by atoms with Crippen LogP contribution in [0.2, 0.25) is 0 Å². The van der Waals surface area contributed by atoms with Gasteiger partial charge in [-0.3, -0.25) is 0 Å². The first-order valence-corrected chi connectivity index (χ1v) is 4.82. The molecule has 1 aromatic heterocycles. The molecule has 1 rings (SSSR count). The zero-order valence-corrected chi connectivity index (χ0v) is 9.77. The van der Waals surface area contributed by atoms with Crippen LogP contribution in [0.15, 0.2) is 10.7 Å². The van der Waals surface area contributed by atoms with E-state index in [0.29, 0.717) is 6.20 Å². The predicted octanol–water partition coefficient (Wildman–Crippen LogP) is 3.69. The molecule has 17 heavy (non-hydrogen) atoms. The Bertz CT molecular complexity index is 410. The molecule has 96 valence electrons. The SMILES string of the molecule is COc1c(OC(F)(F)F)ncc(C(F)F)c1Br. The van der Waals surface area contributed by atoms with Gasteiger partial charge in [0.2, 0.25) is 0 Å². The number of nitrogens with zero attached hydrogens (tertiary/aromatic N) is 1. The van der Waals surface area contributed by atoms with E-state index in [9.17, 15) is 22.0 Å². The van der Waals surface area contributed by atoms with Gasteiger partial charge in [0.1, 0.15) is 0 Å². The van der Waals surface area contributed by atoms with Crippen LogP contribution < -0.4 is 9.47 Å². The second-order valence-corrected chi connectivity index (χ2v) is 3.51. The number of pyridine rings is 1. The molecule has 0 aliphatic heterocycles. The number of halogens is 6. The molecule has 0 saturated carbocycles. The van der Waals surface area contributed by atoms with Crippen molar-refractivity contribution in [2.45, 2.75) is 12.8 Å². The van der Waals surface area contributed by atoms with Crippen molar-refractivity contribution in [2.24, 2.45) is 0 Å². The van der Waals surface area contributed by atoms with Crippen molar-refractivity contribution in [3.05, 3.63) is 16.2 Å². The topological polar surface area (TPSA) is 31.4 Å². The number of rotatable bonds is 3. The molecule has 0 N–H and O–H groups in total. The minimum absolute atomic E-state index is 0.329. The van der Waals surface area contributed by atoms with Gasteiger partial charge in [0.15, 0.2) is 5.75 Å². The summed E-state index contributed by atoms with van der Waals surface area (Å²) in [4.78, 5) is 3.14. The van der Waals surface area contributed by atoms with Crippen LogP contribution in [-0.2, 0) is 0 Å². The van der Waals surface area contributed by atoms with Gasteiger partial charge in [0.05, 0.1) is 17.1 Å². The molecule has 0 aliphatic carbocycles. The minimum Gasteiger partial charge on any atom is -0.490 e. The van der Waals surface area contributed by atoms with Gasteiger partial charge in [-0.15, -0.1) is 13.2 Å². The lowest BCUT2D eigenvalue weighted by Gasteiger charge is -2.14. The van der Waals surface area contributed by atoms with Gasteiger partial charge in [-0.25, -0.2) is 13.8 Å². The second-order valence-electron chi connectivity index (χ2n) is 2.71. The number of ether oxygens (including phenoxy) is 2. The molecule has 0 atom stereocenters. The largest absolute Gasteiger partial charge is 0.574 e. The molecule has 0 aromatic carbocycles. The third kappa shape index (κ3) is 3.42. The first kappa shape index (κ1) is 13.9. The fourth-order valence-electron chi connectivity index (χ4n) is 0.980. The van der Waals surface area contributed by atoms with E-state index in [1.165, 1.54) is 0 Å². The van der Waals surface area contributed by atoms with Crippen LogP contribution in [0.3, 0.4) is 0 Å². The number of aromatic nitrogens is 1. The Balaban J connectivity index is 3.21. The Morgan fingerprint density at radius 2 is 1.94 bits per heavy atom. The van der Waals surface area contributed by atoms with Gasteiger partial charge < -0.3 is 9.47 Å². The zero-order valence-electron chi connectivity index (χ0n) is 8.19. The molecular weight excluding hydrogens is 317 g/mol. The van der Waals surface area contributed by atoms with E-state index < -0.39 is 30.0 Å². The maximum Gasteiger partial charge on any atom is 0.574 e. The predicted molar refractivity (Wildman–Crippen MR) is 50.1 cm³/mol. The monoisotopic (exact) mass is 321 g/mol. The van der Waals surface area contributed by atoms with E-state index in [1.54, 1.807) is 0 Å². The fourth-order valence-corrected chi connectivity index (χ4v) is 1.59. The van der Waals surface area contributed by atoms with Crippen molar-refractivity contribution in [3.8, 4) is 11.6 Å². The van der Waals surface area contributed by atoms with Crippen molar-refractivity contribution in [1.29, 1.82) is 0 Å². The molecule has 0 bridgehead atoms. The maximum absolute atomic E-state index is 12.4. The van der Waals surface area contributed by atoms with Crippen molar-refractivity contribution in [2.75, 3.05) is 7.11 Å². The average molecular weight is 322 g/mol. The Morgan fingerprint density at radius 3 is 2.35 bits per heavy atom.